The molecule has 0 heterocycles. The Morgan fingerprint density at radius 2 is 0.787 bits per heavy atom. The Labute approximate surface area is 289 Å². The maximum atomic E-state index is 11.8. The van der Waals surface area contributed by atoms with Crippen LogP contribution >= 0.6 is 0 Å². The molecule has 9 heteroatoms. The van der Waals surface area contributed by atoms with Gasteiger partial charge in [0.15, 0.2) is 0 Å². The summed E-state index contributed by atoms with van der Waals surface area (Å²) in [7, 11) is 0. The van der Waals surface area contributed by atoms with Crippen LogP contribution in [-0.4, -0.2) is 70.3 Å². The van der Waals surface area contributed by atoms with Gasteiger partial charge in [0.05, 0.1) is 0 Å². The summed E-state index contributed by atoms with van der Waals surface area (Å²) in [5.41, 5.74) is 0.949. The Morgan fingerprint density at radius 3 is 1.04 bits per heavy atom. The summed E-state index contributed by atoms with van der Waals surface area (Å²) >= 11 is -0.740. The average Bonchev–Trinajstić information content (AvgIpc) is 3.06. The Bertz CT molecular complexity index is 1390. The zero-order valence-corrected chi connectivity index (χ0v) is 31.2. The van der Waals surface area contributed by atoms with Gasteiger partial charge >= 0.3 is 103 Å². The second-order valence-electron chi connectivity index (χ2n) is 11.6. The molecule has 4 aromatic carbocycles. The van der Waals surface area contributed by atoms with Crippen molar-refractivity contribution in [2.45, 2.75) is 52.6 Å². The molecule has 2 unspecified atom stereocenters. The van der Waals surface area contributed by atoms with Gasteiger partial charge < -0.3 is 20.8 Å². The van der Waals surface area contributed by atoms with Gasteiger partial charge in [0.1, 0.15) is 12.1 Å². The van der Waals surface area contributed by atoms with Crippen molar-refractivity contribution in [1.29, 1.82) is 0 Å². The molecule has 4 rings (SSSR count). The molecule has 4 aromatic rings. The Kier molecular flexibility index (Phi) is 17.8. The van der Waals surface area contributed by atoms with Gasteiger partial charge in [0.25, 0.3) is 11.8 Å². The molecule has 4 N–H and O–H groups in total. The third-order valence-corrected chi connectivity index (χ3v) is 11.4. The van der Waals surface area contributed by atoms with E-state index in [1.165, 1.54) is 0 Å². The first-order valence-corrected chi connectivity index (χ1v) is 19.4. The van der Waals surface area contributed by atoms with E-state index in [1.807, 2.05) is 27.7 Å². The summed E-state index contributed by atoms with van der Waals surface area (Å²) in [5.74, 6) is -2.26. The summed E-state index contributed by atoms with van der Waals surface area (Å²) in [6.45, 7) is 7.68. The van der Waals surface area contributed by atoms with E-state index in [9.17, 15) is 19.2 Å². The standard InChI is InChI=1S/2C13H17NO3.2C6H5.Pb/c2*1-9(2)8-11(13(16)17)14-12(15)10-6-4-3-5-7-10;2*1-2-4-6-5-3-1;/h2*3-7,9,11H,8H2,1-2H3,(H,14,15)(H,16,17);2*1-5H;. The number of amides is 2. The van der Waals surface area contributed by atoms with Gasteiger partial charge in [0, 0.05) is 11.1 Å². The number of hydrogen-bond donors (Lipinski definition) is 4. The molecule has 2 radical (unpaired) electrons. The van der Waals surface area contributed by atoms with Gasteiger partial charge in [0.2, 0.25) is 0 Å². The molecule has 0 aliphatic carbocycles. The molecular formula is C38H44N2O6Pb. The van der Waals surface area contributed by atoms with Crippen LogP contribution < -0.4 is 16.9 Å². The Hall–Kier alpha value is -4.32. The van der Waals surface area contributed by atoms with E-state index in [1.54, 1.807) is 66.9 Å². The zero-order valence-electron chi connectivity index (χ0n) is 27.3. The number of carboxylic acid groups (broad SMARTS) is 2. The van der Waals surface area contributed by atoms with Crippen LogP contribution in [0, 0.1) is 11.8 Å². The maximum absolute atomic E-state index is 11.8. The van der Waals surface area contributed by atoms with Crippen molar-refractivity contribution < 1.29 is 29.4 Å². The van der Waals surface area contributed by atoms with E-state index in [0.29, 0.717) is 24.0 Å². The molecule has 0 aliphatic rings. The molecule has 2 amide bonds. The first kappa shape index (κ1) is 38.9. The van der Waals surface area contributed by atoms with E-state index in [4.69, 9.17) is 10.2 Å². The van der Waals surface area contributed by atoms with Crippen LogP contribution in [0.3, 0.4) is 0 Å². The molecule has 2 atom stereocenters. The van der Waals surface area contributed by atoms with E-state index in [0.717, 1.165) is 0 Å². The van der Waals surface area contributed by atoms with Crippen LogP contribution in [-0.2, 0) is 9.59 Å². The first-order chi connectivity index (χ1) is 22.5. The van der Waals surface area contributed by atoms with Crippen LogP contribution in [0.15, 0.2) is 121 Å². The predicted molar refractivity (Wildman–Crippen MR) is 187 cm³/mol. The number of rotatable bonds is 12. The summed E-state index contributed by atoms with van der Waals surface area (Å²) in [6.07, 6.45) is 0.849. The zero-order chi connectivity index (χ0) is 34.6. The minimum absolute atomic E-state index is 0.215. The first-order valence-electron chi connectivity index (χ1n) is 15.5. The van der Waals surface area contributed by atoms with Crippen molar-refractivity contribution in [3.63, 3.8) is 0 Å². The molecule has 8 nitrogen and oxygen atoms in total. The number of carbonyl (C=O) groups is 4. The van der Waals surface area contributed by atoms with E-state index < -0.39 is 48.3 Å². The minimum atomic E-state index is -0.997. The van der Waals surface area contributed by atoms with Crippen LogP contribution in [0.4, 0.5) is 0 Å². The number of aliphatic carboxylic acids is 2. The van der Waals surface area contributed by atoms with Gasteiger partial charge in [-0.1, -0.05) is 64.1 Å². The summed E-state index contributed by atoms with van der Waals surface area (Å²) in [5, 5.41) is 23.1. The molecule has 0 aromatic heterocycles. The van der Waals surface area contributed by atoms with E-state index in [-0.39, 0.29) is 23.7 Å². The number of nitrogens with one attached hydrogen (secondary N) is 2. The van der Waals surface area contributed by atoms with Gasteiger partial charge in [-0.3, -0.25) is 9.59 Å². The van der Waals surface area contributed by atoms with Crippen LogP contribution in [0.2, 0.25) is 0 Å². The summed E-state index contributed by atoms with van der Waals surface area (Å²) in [6, 6.07) is 37.2. The second kappa shape index (κ2) is 21.5. The third kappa shape index (κ3) is 16.2. The molecule has 47 heavy (non-hydrogen) atoms. The van der Waals surface area contributed by atoms with Gasteiger partial charge in [-0.2, -0.15) is 0 Å². The molecular weight excluding hydrogens is 788 g/mol. The molecule has 0 spiro atoms. The number of benzene rings is 4. The third-order valence-electron chi connectivity index (χ3n) is 6.53. The predicted octanol–water partition coefficient (Wildman–Crippen LogP) is 5.17. The van der Waals surface area contributed by atoms with Crippen molar-refractivity contribution in [1.82, 2.24) is 10.6 Å². The number of carbonyl (C=O) groups excluding carboxylic acids is 2. The Balaban J connectivity index is 0.000000247. The van der Waals surface area contributed by atoms with Crippen molar-refractivity contribution in [3.8, 4) is 0 Å². The average molecular weight is 832 g/mol. The molecule has 0 fully saturated rings. The quantitative estimate of drug-likeness (QED) is 0.146. The fourth-order valence-electron chi connectivity index (χ4n) is 4.26. The van der Waals surface area contributed by atoms with Gasteiger partial charge in [-0.05, 0) is 48.9 Å². The Morgan fingerprint density at radius 1 is 0.511 bits per heavy atom. The topological polar surface area (TPSA) is 133 Å². The van der Waals surface area contributed by atoms with E-state index in [2.05, 4.69) is 71.3 Å². The van der Waals surface area contributed by atoms with Crippen molar-refractivity contribution in [2.75, 3.05) is 0 Å². The van der Waals surface area contributed by atoms with Gasteiger partial charge in [-0.25, -0.2) is 9.59 Å². The summed E-state index contributed by atoms with van der Waals surface area (Å²) < 4.78 is 3.13. The summed E-state index contributed by atoms with van der Waals surface area (Å²) in [4.78, 5) is 45.5. The second-order valence-corrected chi connectivity index (χ2v) is 17.0. The fraction of sp³-hybridized carbons (Fsp3) is 0.263. The number of carboxylic acids is 2. The van der Waals surface area contributed by atoms with Crippen LogP contribution in [0.1, 0.15) is 61.3 Å². The van der Waals surface area contributed by atoms with Gasteiger partial charge in [-0.15, -0.1) is 0 Å². The van der Waals surface area contributed by atoms with Crippen molar-refractivity contribution in [2.24, 2.45) is 11.8 Å². The normalized spacial score (nSPS) is 11.5. The van der Waals surface area contributed by atoms with Crippen molar-refractivity contribution in [3.05, 3.63) is 132 Å². The van der Waals surface area contributed by atoms with Crippen LogP contribution in [0.25, 0.3) is 0 Å². The molecule has 0 aliphatic heterocycles. The SMILES string of the molecule is CC(C)CC(NC(=O)c1ccccc1)C(=O)O.CC(C)CC(NC(=O)c1ccccc1)C(=O)O.c1cc[c]([Pb][c]2ccccc2)cc1. The fourth-order valence-corrected chi connectivity index (χ4v) is 8.35. The molecule has 0 saturated heterocycles. The monoisotopic (exact) mass is 832 g/mol. The van der Waals surface area contributed by atoms with Crippen molar-refractivity contribution >= 4 is 54.2 Å². The molecule has 0 saturated carbocycles. The van der Waals surface area contributed by atoms with E-state index >= 15 is 0 Å². The number of hydrogen-bond acceptors (Lipinski definition) is 4. The molecule has 246 valence electrons. The van der Waals surface area contributed by atoms with Crippen LogP contribution in [0.5, 0.6) is 0 Å². The molecule has 0 bridgehead atoms.